The van der Waals surface area contributed by atoms with Crippen LogP contribution in [-0.2, 0) is 4.74 Å². The third kappa shape index (κ3) is 32.5. The molecule has 78 valence electrons. The van der Waals surface area contributed by atoms with E-state index in [-0.39, 0.29) is 0 Å². The fraction of sp³-hybridized carbons (Fsp3) is 1.00. The molecule has 0 radical (unpaired) electrons. The van der Waals surface area contributed by atoms with Crippen LogP contribution in [-0.4, -0.2) is 12.7 Å². The summed E-state index contributed by atoms with van der Waals surface area (Å²) in [6, 6.07) is 0. The average molecular weight is 176 g/mol. The molecule has 12 heavy (non-hydrogen) atoms. The van der Waals surface area contributed by atoms with Gasteiger partial charge in [0, 0.05) is 6.61 Å². The number of ether oxygens (including phenoxy) is 1. The molecule has 0 aromatic carbocycles. The van der Waals surface area contributed by atoms with Crippen LogP contribution in [0, 0.1) is 5.92 Å². The highest BCUT2D eigenvalue weighted by Gasteiger charge is 1.94. The Morgan fingerprint density at radius 2 is 1.17 bits per heavy atom. The Morgan fingerprint density at radius 1 is 0.833 bits per heavy atom. The van der Waals surface area contributed by atoms with Gasteiger partial charge < -0.3 is 4.74 Å². The Balaban J connectivity index is -0.000000175. The van der Waals surface area contributed by atoms with Crippen molar-refractivity contribution in [2.75, 3.05) is 6.61 Å². The van der Waals surface area contributed by atoms with Crippen molar-refractivity contribution in [3.63, 3.8) is 0 Å². The van der Waals surface area contributed by atoms with Crippen molar-refractivity contribution in [2.45, 2.75) is 61.5 Å². The highest BCUT2D eigenvalue weighted by Crippen LogP contribution is 1.95. The van der Waals surface area contributed by atoms with E-state index in [4.69, 9.17) is 4.74 Å². The molecular formula is C11H28O. The minimum Gasteiger partial charge on any atom is -0.379 e. The van der Waals surface area contributed by atoms with Crippen LogP contribution in [0.5, 0.6) is 0 Å². The van der Waals surface area contributed by atoms with Crippen LogP contribution in [0.2, 0.25) is 0 Å². The van der Waals surface area contributed by atoms with Crippen LogP contribution >= 0.6 is 0 Å². The quantitative estimate of drug-likeness (QED) is 0.628. The van der Waals surface area contributed by atoms with E-state index in [1.807, 2.05) is 27.7 Å². The van der Waals surface area contributed by atoms with Crippen molar-refractivity contribution >= 4 is 0 Å². The monoisotopic (exact) mass is 176 g/mol. The van der Waals surface area contributed by atoms with Gasteiger partial charge in [-0.2, -0.15) is 0 Å². The van der Waals surface area contributed by atoms with Gasteiger partial charge in [0.1, 0.15) is 0 Å². The van der Waals surface area contributed by atoms with E-state index >= 15 is 0 Å². The highest BCUT2D eigenvalue weighted by atomic mass is 16.5. The lowest BCUT2D eigenvalue weighted by Crippen LogP contribution is -2.08. The maximum Gasteiger partial charge on any atom is 0.0518 e. The van der Waals surface area contributed by atoms with Gasteiger partial charge in [-0.15, -0.1) is 0 Å². The van der Waals surface area contributed by atoms with Gasteiger partial charge in [0.05, 0.1) is 6.10 Å². The predicted molar refractivity (Wildman–Crippen MR) is 58.6 cm³/mol. The van der Waals surface area contributed by atoms with Crippen molar-refractivity contribution in [3.8, 4) is 0 Å². The largest absolute Gasteiger partial charge is 0.379 e. The fourth-order valence-corrected chi connectivity index (χ4v) is 0.385. The summed E-state index contributed by atoms with van der Waals surface area (Å²) in [4.78, 5) is 0. The van der Waals surface area contributed by atoms with Crippen LogP contribution in [0.4, 0.5) is 0 Å². The van der Waals surface area contributed by atoms with E-state index in [0.717, 1.165) is 6.61 Å². The Kier molecular flexibility index (Phi) is 25.6. The average Bonchev–Trinajstić information content (AvgIpc) is 2.08. The van der Waals surface area contributed by atoms with Gasteiger partial charge in [-0.05, 0) is 19.8 Å². The van der Waals surface area contributed by atoms with Crippen molar-refractivity contribution in [1.82, 2.24) is 0 Å². The van der Waals surface area contributed by atoms with Gasteiger partial charge in [0.25, 0.3) is 0 Å². The van der Waals surface area contributed by atoms with Crippen LogP contribution in [0.3, 0.4) is 0 Å². The summed E-state index contributed by atoms with van der Waals surface area (Å²) in [5.74, 6) is 0.664. The normalized spacial score (nSPS) is 8.50. The molecule has 0 saturated heterocycles. The Morgan fingerprint density at radius 3 is 1.25 bits per heavy atom. The second-order valence-corrected chi connectivity index (χ2v) is 2.78. The zero-order valence-electron chi connectivity index (χ0n) is 10.3. The van der Waals surface area contributed by atoms with Crippen LogP contribution in [0.1, 0.15) is 55.4 Å². The molecule has 0 aromatic rings. The summed E-state index contributed by atoms with van der Waals surface area (Å²) in [5, 5.41) is 0. The molecule has 0 atom stereocenters. The molecule has 1 heteroatoms. The third-order valence-corrected chi connectivity index (χ3v) is 0.763. The molecular weight excluding hydrogens is 148 g/mol. The Labute approximate surface area is 79.5 Å². The molecule has 1 nitrogen and oxygen atoms in total. The van der Waals surface area contributed by atoms with Crippen LogP contribution < -0.4 is 0 Å². The first-order valence-electron chi connectivity index (χ1n) is 5.24. The van der Waals surface area contributed by atoms with Crippen molar-refractivity contribution < 1.29 is 4.74 Å². The second kappa shape index (κ2) is 17.2. The SMILES string of the molecule is CC.CC.CC(C)COC(C)C. The van der Waals surface area contributed by atoms with E-state index in [1.165, 1.54) is 0 Å². The lowest BCUT2D eigenvalue weighted by atomic mass is 10.2. The first kappa shape index (κ1) is 17.9. The van der Waals surface area contributed by atoms with E-state index in [2.05, 4.69) is 27.7 Å². The van der Waals surface area contributed by atoms with Crippen molar-refractivity contribution in [2.24, 2.45) is 5.92 Å². The number of rotatable bonds is 3. The lowest BCUT2D eigenvalue weighted by molar-refractivity contribution is 0.0593. The van der Waals surface area contributed by atoms with Gasteiger partial charge in [0.2, 0.25) is 0 Å². The molecule has 0 aliphatic heterocycles. The maximum atomic E-state index is 5.30. The van der Waals surface area contributed by atoms with Crippen molar-refractivity contribution in [3.05, 3.63) is 0 Å². The molecule has 0 heterocycles. The first-order chi connectivity index (χ1) is 5.63. The summed E-state index contributed by atoms with van der Waals surface area (Å²) < 4.78 is 5.30. The minimum atomic E-state index is 0.386. The topological polar surface area (TPSA) is 9.23 Å². The third-order valence-electron chi connectivity index (χ3n) is 0.763. The zero-order chi connectivity index (χ0) is 10.6. The molecule has 0 rings (SSSR count). The van der Waals surface area contributed by atoms with E-state index < -0.39 is 0 Å². The summed E-state index contributed by atoms with van der Waals surface area (Å²) in [6.07, 6.45) is 0.386. The fourth-order valence-electron chi connectivity index (χ4n) is 0.385. The maximum absolute atomic E-state index is 5.30. The van der Waals surface area contributed by atoms with E-state index in [1.54, 1.807) is 0 Å². The van der Waals surface area contributed by atoms with Crippen LogP contribution in [0.25, 0.3) is 0 Å². The molecule has 0 fully saturated rings. The zero-order valence-corrected chi connectivity index (χ0v) is 10.3. The Bertz CT molecular complexity index is 41.0. The highest BCUT2D eigenvalue weighted by molar-refractivity contribution is 4.41. The van der Waals surface area contributed by atoms with Gasteiger partial charge in [-0.3, -0.25) is 0 Å². The Hall–Kier alpha value is -0.0400. The van der Waals surface area contributed by atoms with Gasteiger partial charge in [-0.1, -0.05) is 41.5 Å². The molecule has 0 spiro atoms. The molecule has 0 unspecified atom stereocenters. The number of hydrogen-bond donors (Lipinski definition) is 0. The summed E-state index contributed by atoms with van der Waals surface area (Å²) in [5.41, 5.74) is 0. The second-order valence-electron chi connectivity index (χ2n) is 2.78. The smallest absolute Gasteiger partial charge is 0.0518 e. The molecule has 0 bridgehead atoms. The lowest BCUT2D eigenvalue weighted by Gasteiger charge is -2.08. The summed E-state index contributed by atoms with van der Waals surface area (Å²) in [7, 11) is 0. The number of hydrogen-bond acceptors (Lipinski definition) is 1. The van der Waals surface area contributed by atoms with Crippen molar-refractivity contribution in [1.29, 1.82) is 0 Å². The predicted octanol–water partition coefficient (Wildman–Crippen LogP) is 4.12. The van der Waals surface area contributed by atoms with Gasteiger partial charge in [-0.25, -0.2) is 0 Å². The molecule has 0 amide bonds. The first-order valence-corrected chi connectivity index (χ1v) is 5.24. The van der Waals surface area contributed by atoms with E-state index in [9.17, 15) is 0 Å². The molecule has 0 aliphatic carbocycles. The molecule has 0 aliphatic rings. The summed E-state index contributed by atoms with van der Waals surface area (Å²) in [6.45, 7) is 17.3. The molecule has 0 saturated carbocycles. The van der Waals surface area contributed by atoms with E-state index in [0.29, 0.717) is 12.0 Å². The molecule has 0 aromatic heterocycles. The van der Waals surface area contributed by atoms with Gasteiger partial charge >= 0.3 is 0 Å². The standard InChI is InChI=1S/C7H16O.2C2H6/c1-6(2)5-8-7(3)4;2*1-2/h6-7H,5H2,1-4H3;2*1-2H3. The summed E-state index contributed by atoms with van der Waals surface area (Å²) >= 11 is 0. The van der Waals surface area contributed by atoms with Gasteiger partial charge in [0.15, 0.2) is 0 Å². The minimum absolute atomic E-state index is 0.386. The molecule has 0 N–H and O–H groups in total. The van der Waals surface area contributed by atoms with Crippen LogP contribution in [0.15, 0.2) is 0 Å².